The van der Waals surface area contributed by atoms with Crippen molar-refractivity contribution >= 4 is 22.9 Å². The number of carbonyl (C=O) groups is 2. The Hall–Kier alpha value is -3.09. The van der Waals surface area contributed by atoms with E-state index < -0.39 is 5.54 Å². The summed E-state index contributed by atoms with van der Waals surface area (Å²) in [4.78, 5) is 28.9. The van der Waals surface area contributed by atoms with Gasteiger partial charge in [0.25, 0.3) is 5.91 Å². The number of fused-ring (bicyclic) bond motifs is 3. The van der Waals surface area contributed by atoms with Crippen LogP contribution in [0.2, 0.25) is 0 Å². The van der Waals surface area contributed by atoms with Gasteiger partial charge in [-0.1, -0.05) is 19.1 Å². The van der Waals surface area contributed by atoms with Crippen LogP contribution < -0.4 is 5.32 Å². The van der Waals surface area contributed by atoms with Crippen LogP contribution in [0.4, 0.5) is 4.39 Å². The molecular formula is C25H28FN3O3. The number of halogens is 1. The Kier molecular flexibility index (Phi) is 5.07. The molecule has 1 atom stereocenters. The zero-order chi connectivity index (χ0) is 22.5. The summed E-state index contributed by atoms with van der Waals surface area (Å²) >= 11 is 0. The lowest BCUT2D eigenvalue weighted by atomic mass is 9.86. The van der Waals surface area contributed by atoms with Crippen molar-refractivity contribution in [1.29, 1.82) is 0 Å². The van der Waals surface area contributed by atoms with E-state index in [2.05, 4.69) is 12.2 Å². The number of hydrogen-bond donors (Lipinski definition) is 1. The maximum Gasteiger partial charge on any atom is 0.271 e. The minimum absolute atomic E-state index is 0.123. The first-order valence-electron chi connectivity index (χ1n) is 11.3. The first kappa shape index (κ1) is 20.8. The van der Waals surface area contributed by atoms with E-state index in [0.717, 1.165) is 36.8 Å². The average Bonchev–Trinajstić information content (AvgIpc) is 3.36. The molecule has 2 amide bonds. The highest BCUT2D eigenvalue weighted by Crippen LogP contribution is 2.34. The normalized spacial score (nSPS) is 25.7. The van der Waals surface area contributed by atoms with E-state index in [0.29, 0.717) is 23.7 Å². The molecule has 0 spiro atoms. The topological polar surface area (TPSA) is 67.5 Å². The second-order valence-corrected chi connectivity index (χ2v) is 9.51. The number of furan rings is 1. The molecule has 1 aliphatic heterocycles. The lowest BCUT2D eigenvalue weighted by molar-refractivity contribution is -0.134. The molecule has 3 aromatic rings. The van der Waals surface area contributed by atoms with Crippen LogP contribution in [0, 0.1) is 11.7 Å². The van der Waals surface area contributed by atoms with Crippen LogP contribution in [0.1, 0.15) is 55.6 Å². The molecule has 5 rings (SSSR count). The monoisotopic (exact) mass is 437 g/mol. The number of benzene rings is 1. The molecule has 7 heteroatoms. The van der Waals surface area contributed by atoms with Crippen molar-refractivity contribution in [2.75, 3.05) is 0 Å². The fourth-order valence-electron chi connectivity index (χ4n) is 5.04. The molecule has 1 aliphatic carbocycles. The summed E-state index contributed by atoms with van der Waals surface area (Å²) in [5, 5.41) is 3.23. The van der Waals surface area contributed by atoms with Crippen molar-refractivity contribution in [2.45, 2.75) is 64.2 Å². The van der Waals surface area contributed by atoms with Gasteiger partial charge in [0.1, 0.15) is 17.1 Å². The zero-order valence-corrected chi connectivity index (χ0v) is 18.4. The summed E-state index contributed by atoms with van der Waals surface area (Å²) in [6.45, 7) is 4.61. The molecule has 1 fully saturated rings. The lowest BCUT2D eigenvalue weighted by Crippen LogP contribution is -2.64. The quantitative estimate of drug-likeness (QED) is 0.654. The minimum Gasteiger partial charge on any atom is -0.463 e. The van der Waals surface area contributed by atoms with E-state index >= 15 is 0 Å². The summed E-state index contributed by atoms with van der Waals surface area (Å²) < 4.78 is 20.8. The molecule has 2 aromatic heterocycles. The van der Waals surface area contributed by atoms with Crippen molar-refractivity contribution in [3.8, 4) is 0 Å². The Balaban J connectivity index is 1.50. The number of amides is 2. The van der Waals surface area contributed by atoms with Gasteiger partial charge >= 0.3 is 0 Å². The summed E-state index contributed by atoms with van der Waals surface area (Å²) in [7, 11) is 0. The van der Waals surface area contributed by atoms with Gasteiger partial charge in [-0.2, -0.15) is 0 Å². The van der Waals surface area contributed by atoms with Crippen LogP contribution in [-0.2, 0) is 17.9 Å². The molecule has 1 saturated carbocycles. The van der Waals surface area contributed by atoms with E-state index in [1.165, 1.54) is 12.1 Å². The number of hydrogen-bond acceptors (Lipinski definition) is 3. The maximum absolute atomic E-state index is 13.7. The molecule has 6 nitrogen and oxygen atoms in total. The SMILES string of the molecule is CC1CCC(NC(=O)[C@@]2(C)Cn3c(cc4occc43)C(=O)N2Cc2ccc(F)cc2)CC1. The number of rotatable bonds is 4. The minimum atomic E-state index is -1.09. The molecule has 3 heterocycles. The van der Waals surface area contributed by atoms with E-state index in [1.807, 2.05) is 17.6 Å². The van der Waals surface area contributed by atoms with Crippen LogP contribution in [0.15, 0.2) is 47.1 Å². The zero-order valence-electron chi connectivity index (χ0n) is 18.4. The third kappa shape index (κ3) is 3.49. The van der Waals surface area contributed by atoms with Crippen molar-refractivity contribution in [3.05, 3.63) is 59.7 Å². The van der Waals surface area contributed by atoms with Crippen molar-refractivity contribution in [3.63, 3.8) is 0 Å². The van der Waals surface area contributed by atoms with Gasteiger partial charge < -0.3 is 19.2 Å². The van der Waals surface area contributed by atoms with Gasteiger partial charge in [-0.05, 0) is 56.2 Å². The van der Waals surface area contributed by atoms with Gasteiger partial charge in [-0.15, -0.1) is 0 Å². The highest BCUT2D eigenvalue weighted by atomic mass is 19.1. The molecule has 32 heavy (non-hydrogen) atoms. The first-order valence-corrected chi connectivity index (χ1v) is 11.3. The van der Waals surface area contributed by atoms with Crippen molar-refractivity contribution < 1.29 is 18.4 Å². The van der Waals surface area contributed by atoms with Crippen LogP contribution in [0.25, 0.3) is 11.1 Å². The fourth-order valence-corrected chi connectivity index (χ4v) is 5.04. The molecule has 0 bridgehead atoms. The highest BCUT2D eigenvalue weighted by Gasteiger charge is 2.48. The summed E-state index contributed by atoms with van der Waals surface area (Å²) in [6, 6.07) is 9.74. The third-order valence-corrected chi connectivity index (χ3v) is 7.14. The van der Waals surface area contributed by atoms with E-state index in [4.69, 9.17) is 4.42 Å². The largest absolute Gasteiger partial charge is 0.463 e. The molecule has 2 aliphatic rings. The number of carbonyl (C=O) groups excluding carboxylic acids is 2. The van der Waals surface area contributed by atoms with Gasteiger partial charge in [0, 0.05) is 24.7 Å². The van der Waals surface area contributed by atoms with Crippen LogP contribution in [-0.4, -0.2) is 32.9 Å². The molecule has 1 aromatic carbocycles. The number of nitrogens with one attached hydrogen (secondary N) is 1. The third-order valence-electron chi connectivity index (χ3n) is 7.14. The predicted octanol–water partition coefficient (Wildman–Crippen LogP) is 4.48. The molecular weight excluding hydrogens is 409 g/mol. The average molecular weight is 438 g/mol. The van der Waals surface area contributed by atoms with Crippen LogP contribution in [0.3, 0.4) is 0 Å². The summed E-state index contributed by atoms with van der Waals surface area (Å²) in [5.74, 6) is -0.0350. The molecule has 0 unspecified atom stereocenters. The van der Waals surface area contributed by atoms with Gasteiger partial charge in [0.05, 0.1) is 18.3 Å². The summed E-state index contributed by atoms with van der Waals surface area (Å²) in [5.41, 5.74) is 1.61. The molecule has 0 radical (unpaired) electrons. The number of aromatic nitrogens is 1. The fraction of sp³-hybridized carbons (Fsp3) is 0.440. The molecule has 1 N–H and O–H groups in total. The van der Waals surface area contributed by atoms with Crippen molar-refractivity contribution in [1.82, 2.24) is 14.8 Å². The summed E-state index contributed by atoms with van der Waals surface area (Å²) in [6.07, 6.45) is 5.69. The van der Waals surface area contributed by atoms with Gasteiger partial charge in [-0.3, -0.25) is 9.59 Å². The number of nitrogens with zero attached hydrogens (tertiary/aromatic N) is 2. The van der Waals surface area contributed by atoms with Crippen LogP contribution in [0.5, 0.6) is 0 Å². The highest BCUT2D eigenvalue weighted by molar-refractivity contribution is 6.02. The molecule has 168 valence electrons. The predicted molar refractivity (Wildman–Crippen MR) is 118 cm³/mol. The van der Waals surface area contributed by atoms with Crippen molar-refractivity contribution in [2.24, 2.45) is 5.92 Å². The van der Waals surface area contributed by atoms with Gasteiger partial charge in [-0.25, -0.2) is 4.39 Å². The smallest absolute Gasteiger partial charge is 0.271 e. The maximum atomic E-state index is 13.7. The second kappa shape index (κ2) is 7.80. The first-order chi connectivity index (χ1) is 15.3. The van der Waals surface area contributed by atoms with E-state index in [1.54, 1.807) is 29.4 Å². The van der Waals surface area contributed by atoms with Gasteiger partial charge in [0.15, 0.2) is 5.58 Å². The molecule has 0 saturated heterocycles. The van der Waals surface area contributed by atoms with E-state index in [-0.39, 0.29) is 30.2 Å². The lowest BCUT2D eigenvalue weighted by Gasteiger charge is -2.45. The van der Waals surface area contributed by atoms with Gasteiger partial charge in [0.2, 0.25) is 5.91 Å². The Labute approximate surface area is 186 Å². The Bertz CT molecular complexity index is 1160. The Morgan fingerprint density at radius 1 is 1.19 bits per heavy atom. The Morgan fingerprint density at radius 2 is 1.91 bits per heavy atom. The van der Waals surface area contributed by atoms with E-state index in [9.17, 15) is 14.0 Å². The second-order valence-electron chi connectivity index (χ2n) is 9.51. The standard InChI is InChI=1S/C25H28FN3O3/c1-16-3-9-19(10-4-16)27-24(31)25(2)15-28-20-11-12-32-22(20)13-21(28)23(30)29(25)14-17-5-7-18(26)8-6-17/h5-8,11-13,16,19H,3-4,9-10,14-15H2,1-2H3,(H,27,31)/t16?,19?,25-/m1/s1. The van der Waals surface area contributed by atoms with Crippen LogP contribution >= 0.6 is 0 Å². The Morgan fingerprint density at radius 3 is 2.62 bits per heavy atom.